The van der Waals surface area contributed by atoms with Gasteiger partial charge in [0.1, 0.15) is 10.8 Å². The van der Waals surface area contributed by atoms with Crippen LogP contribution in [0, 0.1) is 6.92 Å². The van der Waals surface area contributed by atoms with Gasteiger partial charge in [0.15, 0.2) is 0 Å². The number of aromatic nitrogens is 1. The number of hydrogen-bond acceptors (Lipinski definition) is 4. The van der Waals surface area contributed by atoms with E-state index in [4.69, 9.17) is 16.3 Å². The summed E-state index contributed by atoms with van der Waals surface area (Å²) in [5, 5.41) is 3.87. The maximum Gasteiger partial charge on any atom is 0.410 e. The van der Waals surface area contributed by atoms with E-state index in [9.17, 15) is 4.79 Å². The summed E-state index contributed by atoms with van der Waals surface area (Å²) in [4.78, 5) is 18.1. The molecule has 1 saturated heterocycles. The number of halogens is 1. The SMILES string of the molecule is Cc1cc(C2CN(C(=O)OC(C)(C)C)CCN2)cc(Cl)n1. The zero-order valence-electron chi connectivity index (χ0n) is 12.9. The lowest BCUT2D eigenvalue weighted by molar-refractivity contribution is 0.0195. The molecule has 5 nitrogen and oxygen atoms in total. The van der Waals surface area contributed by atoms with Crippen LogP contribution >= 0.6 is 11.6 Å². The number of hydrogen-bond donors (Lipinski definition) is 1. The highest BCUT2D eigenvalue weighted by atomic mass is 35.5. The van der Waals surface area contributed by atoms with Crippen molar-refractivity contribution >= 4 is 17.7 Å². The van der Waals surface area contributed by atoms with E-state index in [1.165, 1.54) is 0 Å². The molecule has 1 atom stereocenters. The van der Waals surface area contributed by atoms with Gasteiger partial charge in [-0.15, -0.1) is 0 Å². The van der Waals surface area contributed by atoms with Crippen LogP contribution < -0.4 is 5.32 Å². The molecule has 1 aliphatic rings. The lowest BCUT2D eigenvalue weighted by Crippen LogP contribution is -2.49. The predicted octanol–water partition coefficient (Wildman–Crippen LogP) is 2.92. The molecule has 0 aromatic carbocycles. The van der Waals surface area contributed by atoms with Crippen molar-refractivity contribution in [3.63, 3.8) is 0 Å². The van der Waals surface area contributed by atoms with Gasteiger partial charge in [-0.2, -0.15) is 0 Å². The normalized spacial score (nSPS) is 19.5. The van der Waals surface area contributed by atoms with Crippen molar-refractivity contribution < 1.29 is 9.53 Å². The Bertz CT molecular complexity index is 508. The molecule has 6 heteroatoms. The van der Waals surface area contributed by atoms with Crippen LogP contribution in [0.15, 0.2) is 12.1 Å². The van der Waals surface area contributed by atoms with E-state index in [1.807, 2.05) is 39.8 Å². The second-order valence-electron chi connectivity index (χ2n) is 6.30. The summed E-state index contributed by atoms with van der Waals surface area (Å²) in [6, 6.07) is 3.87. The number of carbonyl (C=O) groups excluding carboxylic acids is 1. The van der Waals surface area contributed by atoms with E-state index in [0.717, 1.165) is 17.8 Å². The molecule has 1 aromatic rings. The highest BCUT2D eigenvalue weighted by molar-refractivity contribution is 6.29. The third-order valence-corrected chi connectivity index (χ3v) is 3.37. The average Bonchev–Trinajstić information content (AvgIpc) is 2.36. The maximum atomic E-state index is 12.2. The van der Waals surface area contributed by atoms with Gasteiger partial charge in [0, 0.05) is 25.3 Å². The predicted molar refractivity (Wildman–Crippen MR) is 82.5 cm³/mol. The first-order valence-electron chi connectivity index (χ1n) is 7.10. The van der Waals surface area contributed by atoms with Crippen molar-refractivity contribution in [3.05, 3.63) is 28.5 Å². The molecule has 2 rings (SSSR count). The second-order valence-corrected chi connectivity index (χ2v) is 6.68. The number of ether oxygens (including phenoxy) is 1. The van der Waals surface area contributed by atoms with E-state index in [0.29, 0.717) is 18.2 Å². The Morgan fingerprint density at radius 3 is 2.81 bits per heavy atom. The summed E-state index contributed by atoms with van der Waals surface area (Å²) in [5.74, 6) is 0. The van der Waals surface area contributed by atoms with E-state index in [-0.39, 0.29) is 12.1 Å². The molecular weight excluding hydrogens is 290 g/mol. The van der Waals surface area contributed by atoms with E-state index in [2.05, 4.69) is 10.3 Å². The second kappa shape index (κ2) is 6.20. The van der Waals surface area contributed by atoms with Crippen molar-refractivity contribution in [3.8, 4) is 0 Å². The topological polar surface area (TPSA) is 54.5 Å². The highest BCUT2D eigenvalue weighted by Crippen LogP contribution is 2.22. The van der Waals surface area contributed by atoms with Crippen LogP contribution in [0.2, 0.25) is 5.15 Å². The summed E-state index contributed by atoms with van der Waals surface area (Å²) in [5.41, 5.74) is 1.43. The molecule has 0 spiro atoms. The highest BCUT2D eigenvalue weighted by Gasteiger charge is 2.28. The molecule has 0 saturated carbocycles. The van der Waals surface area contributed by atoms with Crippen molar-refractivity contribution in [2.45, 2.75) is 39.3 Å². The molecule has 1 fully saturated rings. The molecule has 0 bridgehead atoms. The van der Waals surface area contributed by atoms with Crippen LogP contribution in [0.5, 0.6) is 0 Å². The number of nitrogens with zero attached hydrogens (tertiary/aromatic N) is 2. The first-order valence-corrected chi connectivity index (χ1v) is 7.48. The van der Waals surface area contributed by atoms with Gasteiger partial charge in [-0.3, -0.25) is 0 Å². The molecule has 1 N–H and O–H groups in total. The number of aryl methyl sites for hydroxylation is 1. The fraction of sp³-hybridized carbons (Fsp3) is 0.600. The Balaban J connectivity index is 2.08. The summed E-state index contributed by atoms with van der Waals surface area (Å²) in [6.07, 6.45) is -0.272. The third kappa shape index (κ3) is 4.58. The minimum Gasteiger partial charge on any atom is -0.444 e. The van der Waals surface area contributed by atoms with Gasteiger partial charge in [-0.1, -0.05) is 11.6 Å². The Kier molecular flexibility index (Phi) is 4.74. The molecule has 1 aliphatic heterocycles. The molecule has 2 heterocycles. The van der Waals surface area contributed by atoms with Crippen LogP contribution in [0.25, 0.3) is 0 Å². The van der Waals surface area contributed by atoms with Gasteiger partial charge >= 0.3 is 6.09 Å². The third-order valence-electron chi connectivity index (χ3n) is 3.17. The van der Waals surface area contributed by atoms with Crippen LogP contribution in [-0.4, -0.2) is 41.2 Å². The number of pyridine rings is 1. The first kappa shape index (κ1) is 16.0. The van der Waals surface area contributed by atoms with Crippen LogP contribution in [-0.2, 0) is 4.74 Å². The van der Waals surface area contributed by atoms with Crippen molar-refractivity contribution in [2.75, 3.05) is 19.6 Å². The summed E-state index contributed by atoms with van der Waals surface area (Å²) < 4.78 is 5.43. The average molecular weight is 312 g/mol. The van der Waals surface area contributed by atoms with Crippen molar-refractivity contribution in [1.29, 1.82) is 0 Å². The Hall–Kier alpha value is -1.33. The largest absolute Gasteiger partial charge is 0.444 e. The number of piperazine rings is 1. The lowest BCUT2D eigenvalue weighted by Gasteiger charge is -2.35. The monoisotopic (exact) mass is 311 g/mol. The minimum absolute atomic E-state index is 0.0467. The van der Waals surface area contributed by atoms with Crippen LogP contribution in [0.3, 0.4) is 0 Å². The Morgan fingerprint density at radius 2 is 2.19 bits per heavy atom. The van der Waals surface area contributed by atoms with Crippen molar-refractivity contribution in [1.82, 2.24) is 15.2 Å². The number of amides is 1. The molecule has 116 valence electrons. The van der Waals surface area contributed by atoms with Gasteiger partial charge in [0.2, 0.25) is 0 Å². The zero-order chi connectivity index (χ0) is 15.6. The fourth-order valence-electron chi connectivity index (χ4n) is 2.32. The molecule has 1 amide bonds. The molecule has 1 aromatic heterocycles. The lowest BCUT2D eigenvalue weighted by atomic mass is 10.1. The van der Waals surface area contributed by atoms with Crippen LogP contribution in [0.1, 0.15) is 38.1 Å². The summed E-state index contributed by atoms with van der Waals surface area (Å²) >= 11 is 6.01. The molecular formula is C15H22ClN3O2. The maximum absolute atomic E-state index is 12.2. The van der Waals surface area contributed by atoms with E-state index < -0.39 is 5.60 Å². The Labute approximate surface area is 130 Å². The van der Waals surface area contributed by atoms with E-state index in [1.54, 1.807) is 4.90 Å². The van der Waals surface area contributed by atoms with E-state index >= 15 is 0 Å². The molecule has 0 aliphatic carbocycles. The number of rotatable bonds is 1. The quantitative estimate of drug-likeness (QED) is 0.810. The van der Waals surface area contributed by atoms with Gasteiger partial charge in [-0.25, -0.2) is 9.78 Å². The molecule has 1 unspecified atom stereocenters. The fourth-order valence-corrected chi connectivity index (χ4v) is 2.58. The molecule has 21 heavy (non-hydrogen) atoms. The summed E-state index contributed by atoms with van der Waals surface area (Å²) in [7, 11) is 0. The smallest absolute Gasteiger partial charge is 0.410 e. The van der Waals surface area contributed by atoms with Crippen LogP contribution in [0.4, 0.5) is 4.79 Å². The van der Waals surface area contributed by atoms with Gasteiger partial charge in [0.25, 0.3) is 0 Å². The van der Waals surface area contributed by atoms with Crippen molar-refractivity contribution in [2.24, 2.45) is 0 Å². The standard InChI is InChI=1S/C15H22ClN3O2/c1-10-7-11(8-13(16)18-10)12-9-19(6-5-17-12)14(20)21-15(2,3)4/h7-8,12,17H,5-6,9H2,1-4H3. The summed E-state index contributed by atoms with van der Waals surface area (Å²) in [6.45, 7) is 9.45. The van der Waals surface area contributed by atoms with Gasteiger partial charge < -0.3 is 15.0 Å². The first-order chi connectivity index (χ1) is 9.74. The number of carbonyl (C=O) groups is 1. The molecule has 0 radical (unpaired) electrons. The van der Waals surface area contributed by atoms with Gasteiger partial charge in [0.05, 0.1) is 6.04 Å². The Morgan fingerprint density at radius 1 is 1.48 bits per heavy atom. The van der Waals surface area contributed by atoms with Gasteiger partial charge in [-0.05, 0) is 45.4 Å². The minimum atomic E-state index is -0.478. The number of nitrogens with one attached hydrogen (secondary N) is 1. The zero-order valence-corrected chi connectivity index (χ0v) is 13.7.